The van der Waals surface area contributed by atoms with Crippen LogP contribution in [0.3, 0.4) is 0 Å². The number of aromatic nitrogens is 3. The summed E-state index contributed by atoms with van der Waals surface area (Å²) in [6.07, 6.45) is 1.62. The van der Waals surface area contributed by atoms with Crippen LogP contribution in [-0.4, -0.2) is 28.0 Å². The fourth-order valence-electron chi connectivity index (χ4n) is 2.21. The van der Waals surface area contributed by atoms with Crippen LogP contribution >= 0.6 is 0 Å². The molecule has 0 saturated heterocycles. The zero-order valence-electron chi connectivity index (χ0n) is 13.6. The van der Waals surface area contributed by atoms with E-state index in [4.69, 9.17) is 4.74 Å². The van der Waals surface area contributed by atoms with Crippen molar-refractivity contribution in [3.8, 4) is 11.4 Å². The third kappa shape index (κ3) is 3.60. The Morgan fingerprint density at radius 1 is 1.12 bits per heavy atom. The molecule has 1 N–H and O–H groups in total. The van der Waals surface area contributed by atoms with Crippen molar-refractivity contribution in [3.63, 3.8) is 0 Å². The first-order valence-electron chi connectivity index (χ1n) is 7.56. The molecule has 6 nitrogen and oxygen atoms in total. The van der Waals surface area contributed by atoms with E-state index in [9.17, 15) is 4.79 Å². The quantitative estimate of drug-likeness (QED) is 0.783. The molecule has 1 amide bonds. The van der Waals surface area contributed by atoms with E-state index in [0.717, 1.165) is 22.6 Å². The molecule has 0 aliphatic heterocycles. The van der Waals surface area contributed by atoms with Crippen molar-refractivity contribution in [2.24, 2.45) is 0 Å². The Bertz CT molecular complexity index is 823. The summed E-state index contributed by atoms with van der Waals surface area (Å²) in [4.78, 5) is 12.2. The molecule has 0 aliphatic carbocycles. The largest absolute Gasteiger partial charge is 0.497 e. The van der Waals surface area contributed by atoms with Gasteiger partial charge in [-0.05, 0) is 36.8 Å². The van der Waals surface area contributed by atoms with Crippen molar-refractivity contribution in [3.05, 3.63) is 71.5 Å². The van der Waals surface area contributed by atoms with Crippen LogP contribution in [0.25, 0.3) is 5.69 Å². The number of nitrogens with one attached hydrogen (secondary N) is 1. The molecule has 0 fully saturated rings. The van der Waals surface area contributed by atoms with E-state index in [0.29, 0.717) is 6.54 Å². The maximum atomic E-state index is 12.2. The van der Waals surface area contributed by atoms with Crippen LogP contribution in [0, 0.1) is 6.92 Å². The average Bonchev–Trinajstić information content (AvgIpc) is 3.11. The SMILES string of the molecule is COc1ccc(CNC(=O)c2cn(-c3ccc(C)cc3)nn2)cc1. The lowest BCUT2D eigenvalue weighted by molar-refractivity contribution is 0.0946. The van der Waals surface area contributed by atoms with Gasteiger partial charge in [-0.3, -0.25) is 4.79 Å². The zero-order valence-corrected chi connectivity index (χ0v) is 13.6. The summed E-state index contributed by atoms with van der Waals surface area (Å²) in [5.74, 6) is 0.523. The van der Waals surface area contributed by atoms with Gasteiger partial charge in [0, 0.05) is 6.54 Å². The van der Waals surface area contributed by atoms with Crippen LogP contribution in [0.4, 0.5) is 0 Å². The number of benzene rings is 2. The van der Waals surface area contributed by atoms with E-state index in [-0.39, 0.29) is 11.6 Å². The fourth-order valence-corrected chi connectivity index (χ4v) is 2.21. The molecule has 0 spiro atoms. The lowest BCUT2D eigenvalue weighted by Gasteiger charge is -2.04. The van der Waals surface area contributed by atoms with Crippen molar-refractivity contribution >= 4 is 5.91 Å². The van der Waals surface area contributed by atoms with Gasteiger partial charge in [0.1, 0.15) is 5.75 Å². The highest BCUT2D eigenvalue weighted by atomic mass is 16.5. The number of carbonyl (C=O) groups is 1. The van der Waals surface area contributed by atoms with Crippen LogP contribution in [0.1, 0.15) is 21.6 Å². The molecule has 0 unspecified atom stereocenters. The lowest BCUT2D eigenvalue weighted by Crippen LogP contribution is -2.23. The Labute approximate surface area is 140 Å². The highest BCUT2D eigenvalue weighted by molar-refractivity contribution is 5.91. The number of amides is 1. The predicted molar refractivity (Wildman–Crippen MR) is 90.3 cm³/mol. The lowest BCUT2D eigenvalue weighted by atomic mass is 10.2. The van der Waals surface area contributed by atoms with Crippen LogP contribution in [0.2, 0.25) is 0 Å². The third-order valence-corrected chi connectivity index (χ3v) is 3.64. The van der Waals surface area contributed by atoms with E-state index >= 15 is 0 Å². The Morgan fingerprint density at radius 3 is 2.50 bits per heavy atom. The van der Waals surface area contributed by atoms with Gasteiger partial charge in [0.05, 0.1) is 19.0 Å². The number of aryl methyl sites for hydroxylation is 1. The molecule has 24 heavy (non-hydrogen) atoms. The van der Waals surface area contributed by atoms with Crippen molar-refractivity contribution in [2.75, 3.05) is 7.11 Å². The number of hydrogen-bond donors (Lipinski definition) is 1. The Morgan fingerprint density at radius 2 is 1.83 bits per heavy atom. The molecular formula is C18H18N4O2. The van der Waals surface area contributed by atoms with Crippen molar-refractivity contribution < 1.29 is 9.53 Å². The van der Waals surface area contributed by atoms with Crippen molar-refractivity contribution in [1.82, 2.24) is 20.3 Å². The number of ether oxygens (including phenoxy) is 1. The van der Waals surface area contributed by atoms with Crippen LogP contribution < -0.4 is 10.1 Å². The molecular weight excluding hydrogens is 304 g/mol. The van der Waals surface area contributed by atoms with Gasteiger partial charge < -0.3 is 10.1 Å². The van der Waals surface area contributed by atoms with Gasteiger partial charge in [0.2, 0.25) is 0 Å². The topological polar surface area (TPSA) is 69.0 Å². The Kier molecular flexibility index (Phi) is 4.56. The average molecular weight is 322 g/mol. The first kappa shape index (κ1) is 15.7. The van der Waals surface area contributed by atoms with Crippen LogP contribution in [-0.2, 0) is 6.54 Å². The number of carbonyl (C=O) groups excluding carboxylic acids is 1. The first-order chi connectivity index (χ1) is 11.7. The molecule has 6 heteroatoms. The minimum absolute atomic E-state index is 0.260. The second-order valence-corrected chi connectivity index (χ2v) is 5.41. The van der Waals surface area contributed by atoms with E-state index in [1.165, 1.54) is 0 Å². The van der Waals surface area contributed by atoms with Gasteiger partial charge in [-0.15, -0.1) is 5.10 Å². The van der Waals surface area contributed by atoms with Gasteiger partial charge in [0.25, 0.3) is 5.91 Å². The summed E-state index contributed by atoms with van der Waals surface area (Å²) in [6, 6.07) is 15.4. The van der Waals surface area contributed by atoms with E-state index in [1.807, 2.05) is 55.5 Å². The van der Waals surface area contributed by atoms with Crippen LogP contribution in [0.5, 0.6) is 5.75 Å². The molecule has 0 atom stereocenters. The molecule has 0 aliphatic rings. The van der Waals surface area contributed by atoms with Crippen molar-refractivity contribution in [1.29, 1.82) is 0 Å². The standard InChI is InChI=1S/C18H18N4O2/c1-13-3-7-15(8-4-13)22-12-17(20-21-22)18(23)19-11-14-5-9-16(24-2)10-6-14/h3-10,12H,11H2,1-2H3,(H,19,23). The number of rotatable bonds is 5. The molecule has 1 aromatic heterocycles. The molecule has 0 radical (unpaired) electrons. The maximum Gasteiger partial charge on any atom is 0.273 e. The summed E-state index contributed by atoms with van der Waals surface area (Å²) < 4.78 is 6.69. The van der Waals surface area contributed by atoms with E-state index in [1.54, 1.807) is 18.0 Å². The van der Waals surface area contributed by atoms with Gasteiger partial charge in [0.15, 0.2) is 5.69 Å². The molecule has 0 saturated carbocycles. The maximum absolute atomic E-state index is 12.2. The summed E-state index contributed by atoms with van der Waals surface area (Å²) >= 11 is 0. The Balaban J connectivity index is 1.64. The molecule has 3 rings (SSSR count). The molecule has 2 aromatic carbocycles. The molecule has 0 bridgehead atoms. The zero-order chi connectivity index (χ0) is 16.9. The van der Waals surface area contributed by atoms with E-state index in [2.05, 4.69) is 15.6 Å². The van der Waals surface area contributed by atoms with Gasteiger partial charge in [-0.25, -0.2) is 4.68 Å². The smallest absolute Gasteiger partial charge is 0.273 e. The first-order valence-corrected chi connectivity index (χ1v) is 7.56. The fraction of sp³-hybridized carbons (Fsp3) is 0.167. The minimum atomic E-state index is -0.260. The van der Waals surface area contributed by atoms with Gasteiger partial charge >= 0.3 is 0 Å². The van der Waals surface area contributed by atoms with Gasteiger partial charge in [-0.1, -0.05) is 35.0 Å². The number of nitrogens with zero attached hydrogens (tertiary/aromatic N) is 3. The minimum Gasteiger partial charge on any atom is -0.497 e. The summed E-state index contributed by atoms with van der Waals surface area (Å²) in [5, 5.41) is 10.8. The summed E-state index contributed by atoms with van der Waals surface area (Å²) in [5.41, 5.74) is 3.29. The predicted octanol–water partition coefficient (Wildman–Crippen LogP) is 2.51. The number of hydrogen-bond acceptors (Lipinski definition) is 4. The highest BCUT2D eigenvalue weighted by Gasteiger charge is 2.11. The van der Waals surface area contributed by atoms with Gasteiger partial charge in [-0.2, -0.15) is 0 Å². The highest BCUT2D eigenvalue weighted by Crippen LogP contribution is 2.11. The molecule has 1 heterocycles. The Hall–Kier alpha value is -3.15. The normalized spacial score (nSPS) is 10.4. The van der Waals surface area contributed by atoms with Crippen molar-refractivity contribution in [2.45, 2.75) is 13.5 Å². The third-order valence-electron chi connectivity index (χ3n) is 3.64. The van der Waals surface area contributed by atoms with E-state index < -0.39 is 0 Å². The summed E-state index contributed by atoms with van der Waals surface area (Å²) in [6.45, 7) is 2.43. The molecule has 122 valence electrons. The molecule has 3 aromatic rings. The summed E-state index contributed by atoms with van der Waals surface area (Å²) in [7, 11) is 1.62. The second-order valence-electron chi connectivity index (χ2n) is 5.41. The number of methoxy groups -OCH3 is 1. The second kappa shape index (κ2) is 6.95. The van der Waals surface area contributed by atoms with Crippen LogP contribution in [0.15, 0.2) is 54.7 Å². The monoisotopic (exact) mass is 322 g/mol.